The molecule has 0 N–H and O–H groups in total. The number of alkyl halides is 3. The van der Waals surface area contributed by atoms with E-state index in [1.807, 2.05) is 0 Å². The second kappa shape index (κ2) is 10.2. The third-order valence-electron chi connectivity index (χ3n) is 5.44. The zero-order valence-corrected chi connectivity index (χ0v) is 18.4. The normalized spacial score (nSPS) is 18.3. The van der Waals surface area contributed by atoms with Crippen LogP contribution in [0, 0.1) is 41.0 Å². The van der Waals surface area contributed by atoms with E-state index in [2.05, 4.69) is 6.58 Å². The van der Waals surface area contributed by atoms with Gasteiger partial charge >= 0.3 is 6.18 Å². The minimum Gasteiger partial charge on any atom is -0.348 e. The molecule has 3 aromatic rings. The van der Waals surface area contributed by atoms with Crippen molar-refractivity contribution in [1.29, 1.82) is 0 Å². The number of hydrogen-bond donors (Lipinski definition) is 0. The quantitative estimate of drug-likeness (QED) is 0.212. The molecule has 1 heterocycles. The highest BCUT2D eigenvalue weighted by atomic mass is 19.4. The zero-order valence-electron chi connectivity index (χ0n) is 18.4. The van der Waals surface area contributed by atoms with Crippen molar-refractivity contribution in [3.63, 3.8) is 0 Å². The third kappa shape index (κ3) is 5.61. The van der Waals surface area contributed by atoms with Crippen LogP contribution in [0.5, 0.6) is 0 Å². The number of benzene rings is 3. The van der Waals surface area contributed by atoms with Crippen LogP contribution >= 0.6 is 0 Å². The van der Waals surface area contributed by atoms with Gasteiger partial charge in [0.2, 0.25) is 0 Å². The molecule has 4 rings (SSSR count). The van der Waals surface area contributed by atoms with Gasteiger partial charge in [-0.25, -0.2) is 17.6 Å². The number of ether oxygens (including phenoxy) is 2. The van der Waals surface area contributed by atoms with Gasteiger partial charge in [0.1, 0.15) is 23.3 Å². The summed E-state index contributed by atoms with van der Waals surface area (Å²) >= 11 is 0. The molecular weight excluding hydrogens is 489 g/mol. The third-order valence-corrected chi connectivity index (χ3v) is 5.44. The van der Waals surface area contributed by atoms with Gasteiger partial charge in [-0.3, -0.25) is 0 Å². The average molecular weight is 506 g/mol. The van der Waals surface area contributed by atoms with Gasteiger partial charge in [0.05, 0.1) is 24.3 Å². The van der Waals surface area contributed by atoms with Crippen molar-refractivity contribution < 1.29 is 40.2 Å². The fourth-order valence-electron chi connectivity index (χ4n) is 3.67. The zero-order chi connectivity index (χ0) is 26.0. The van der Waals surface area contributed by atoms with E-state index in [4.69, 9.17) is 9.47 Å². The minimum atomic E-state index is -4.93. The molecule has 0 saturated carbocycles. The fourth-order valence-corrected chi connectivity index (χ4v) is 3.67. The van der Waals surface area contributed by atoms with Crippen LogP contribution in [0.4, 0.5) is 30.7 Å². The van der Waals surface area contributed by atoms with E-state index >= 15 is 0 Å². The molecule has 0 atom stereocenters. The summed E-state index contributed by atoms with van der Waals surface area (Å²) in [6.07, 6.45) is -0.959. The molecule has 2 nitrogen and oxygen atoms in total. The van der Waals surface area contributed by atoms with Crippen molar-refractivity contribution >= 4 is 16.8 Å². The molecule has 0 radical (unpaired) electrons. The van der Waals surface area contributed by atoms with Crippen LogP contribution < -0.4 is 0 Å². The van der Waals surface area contributed by atoms with Gasteiger partial charge in [-0.2, -0.15) is 13.2 Å². The Hall–Kier alpha value is -3.61. The highest BCUT2D eigenvalue weighted by molar-refractivity contribution is 5.89. The Bertz CT molecular complexity index is 1380. The molecule has 0 aliphatic carbocycles. The molecule has 0 spiro atoms. The minimum absolute atomic E-state index is 0.0182. The molecule has 0 amide bonds. The van der Waals surface area contributed by atoms with Crippen LogP contribution in [0.15, 0.2) is 55.1 Å². The average Bonchev–Trinajstić information content (AvgIpc) is 2.81. The van der Waals surface area contributed by atoms with E-state index < -0.39 is 46.9 Å². The molecule has 1 saturated heterocycles. The Morgan fingerprint density at radius 2 is 1.58 bits per heavy atom. The molecule has 1 fully saturated rings. The van der Waals surface area contributed by atoms with Crippen LogP contribution in [0.2, 0.25) is 0 Å². The lowest BCUT2D eigenvalue weighted by molar-refractivity contribution is -0.165. The lowest BCUT2D eigenvalue weighted by Gasteiger charge is -2.25. The van der Waals surface area contributed by atoms with E-state index in [0.717, 1.165) is 36.3 Å². The van der Waals surface area contributed by atoms with Crippen molar-refractivity contribution in [1.82, 2.24) is 0 Å². The van der Waals surface area contributed by atoms with Crippen molar-refractivity contribution in [3.05, 3.63) is 89.5 Å². The molecule has 1 aliphatic heterocycles. The van der Waals surface area contributed by atoms with E-state index in [1.165, 1.54) is 24.1 Å². The molecule has 0 unspecified atom stereocenters. The lowest BCUT2D eigenvalue weighted by atomic mass is 9.97. The summed E-state index contributed by atoms with van der Waals surface area (Å²) in [6.45, 7) is 4.46. The maximum atomic E-state index is 14.9. The maximum absolute atomic E-state index is 14.9. The van der Waals surface area contributed by atoms with E-state index in [9.17, 15) is 30.7 Å². The summed E-state index contributed by atoms with van der Waals surface area (Å²) in [7, 11) is 0. The summed E-state index contributed by atoms with van der Waals surface area (Å²) in [5.41, 5.74) is -1.31. The van der Waals surface area contributed by atoms with Crippen LogP contribution in [0.1, 0.15) is 11.1 Å². The predicted molar refractivity (Wildman–Crippen MR) is 121 cm³/mol. The molecule has 3 aromatic carbocycles. The first-order valence-electron chi connectivity index (χ1n) is 10.6. The first-order valence-corrected chi connectivity index (χ1v) is 10.6. The number of rotatable bonds is 4. The van der Waals surface area contributed by atoms with E-state index in [0.29, 0.717) is 13.2 Å². The highest BCUT2D eigenvalue weighted by Gasteiger charge is 2.24. The van der Waals surface area contributed by atoms with Gasteiger partial charge in [0, 0.05) is 17.2 Å². The van der Waals surface area contributed by atoms with Crippen LogP contribution in [0.25, 0.3) is 28.0 Å². The summed E-state index contributed by atoms with van der Waals surface area (Å²) in [5.74, 6) is -2.16. The predicted octanol–water partition coefficient (Wildman–Crippen LogP) is 7.17. The SMILES string of the molecule is C=CC1COC(/C=C/c2cc(F)c(-c3ccc4c(F)c(C#CC(F)(F)F)c(F)cc4c3)c(F)c2)OC1. The molecule has 36 heavy (non-hydrogen) atoms. The van der Waals surface area contributed by atoms with E-state index in [-0.39, 0.29) is 27.8 Å². The second-order valence-corrected chi connectivity index (χ2v) is 7.98. The summed E-state index contributed by atoms with van der Waals surface area (Å²) in [4.78, 5) is 0. The first kappa shape index (κ1) is 25.5. The first-order chi connectivity index (χ1) is 17.1. The van der Waals surface area contributed by atoms with Crippen molar-refractivity contribution in [2.24, 2.45) is 5.92 Å². The Morgan fingerprint density at radius 1 is 0.917 bits per heavy atom. The molecule has 1 aliphatic rings. The van der Waals surface area contributed by atoms with Crippen molar-refractivity contribution in [3.8, 4) is 23.0 Å². The lowest BCUT2D eigenvalue weighted by Crippen LogP contribution is -2.29. The number of hydrogen-bond acceptors (Lipinski definition) is 2. The van der Waals surface area contributed by atoms with Crippen LogP contribution in [0.3, 0.4) is 0 Å². The monoisotopic (exact) mass is 506 g/mol. The summed E-state index contributed by atoms with van der Waals surface area (Å²) in [5, 5.41) is -0.356. The second-order valence-electron chi connectivity index (χ2n) is 7.98. The highest BCUT2D eigenvalue weighted by Crippen LogP contribution is 2.32. The molecular formula is C27H17F7O2. The van der Waals surface area contributed by atoms with Gasteiger partial charge in [-0.1, -0.05) is 30.2 Å². The van der Waals surface area contributed by atoms with Gasteiger partial charge in [-0.05, 0) is 46.9 Å². The van der Waals surface area contributed by atoms with Gasteiger partial charge in [-0.15, -0.1) is 6.58 Å². The largest absolute Gasteiger partial charge is 0.458 e. The summed E-state index contributed by atoms with van der Waals surface area (Å²) in [6, 6.07) is 6.33. The Balaban J connectivity index is 1.64. The van der Waals surface area contributed by atoms with Gasteiger partial charge < -0.3 is 9.47 Å². The number of fused-ring (bicyclic) bond motifs is 1. The Labute approximate surface area is 201 Å². The Kier molecular flexibility index (Phi) is 7.20. The van der Waals surface area contributed by atoms with Crippen molar-refractivity contribution in [2.75, 3.05) is 13.2 Å². The van der Waals surface area contributed by atoms with Crippen LogP contribution in [-0.4, -0.2) is 25.7 Å². The number of halogens is 7. The van der Waals surface area contributed by atoms with Crippen molar-refractivity contribution in [2.45, 2.75) is 12.5 Å². The van der Waals surface area contributed by atoms with Gasteiger partial charge in [0.25, 0.3) is 0 Å². The Morgan fingerprint density at radius 3 is 2.19 bits per heavy atom. The standard InChI is InChI=1S/C27H17F7O2/c1-2-15-13-35-24(36-14-15)6-3-16-9-22(29)25(23(30)10-16)17-4-5-19-18(11-17)12-21(28)20(26(19)31)7-8-27(32,33)34/h2-6,9-12,15,24H,1,13-14H2/b6-3+. The molecule has 0 bridgehead atoms. The van der Waals surface area contributed by atoms with Crippen LogP contribution in [-0.2, 0) is 9.47 Å². The molecule has 186 valence electrons. The summed E-state index contributed by atoms with van der Waals surface area (Å²) < 4.78 is 107. The van der Waals surface area contributed by atoms with Gasteiger partial charge in [0.15, 0.2) is 6.29 Å². The topological polar surface area (TPSA) is 18.5 Å². The molecule has 0 aromatic heterocycles. The van der Waals surface area contributed by atoms with E-state index in [1.54, 1.807) is 6.08 Å². The maximum Gasteiger partial charge on any atom is 0.458 e. The molecule has 9 heteroatoms. The smallest absolute Gasteiger partial charge is 0.348 e. The fraction of sp³-hybridized carbons (Fsp3) is 0.185.